The van der Waals surface area contributed by atoms with Crippen molar-refractivity contribution < 1.29 is 14.3 Å². The minimum Gasteiger partial charge on any atom is -0.452 e. The summed E-state index contributed by atoms with van der Waals surface area (Å²) in [6.07, 6.45) is 6.33. The zero-order valence-corrected chi connectivity index (χ0v) is 15.4. The Balaban J connectivity index is 1.53. The predicted octanol–water partition coefficient (Wildman–Crippen LogP) is 3.73. The summed E-state index contributed by atoms with van der Waals surface area (Å²) in [6, 6.07) is 4.13. The van der Waals surface area contributed by atoms with Crippen LogP contribution in [-0.2, 0) is 14.3 Å². The number of esters is 1. The molecule has 130 valence electrons. The van der Waals surface area contributed by atoms with Crippen molar-refractivity contribution in [3.05, 3.63) is 28.5 Å². The van der Waals surface area contributed by atoms with Gasteiger partial charge in [0.05, 0.1) is 0 Å². The molecule has 2 heterocycles. The van der Waals surface area contributed by atoms with Crippen LogP contribution in [0.5, 0.6) is 0 Å². The molecule has 0 N–H and O–H groups in total. The SMILES string of the molecule is CC1(C)C[C@H]2C[C@](C)(CN2C(=O)COC(=O)/C=C/c2cccs2)C1. The second-order valence-corrected chi connectivity index (χ2v) is 9.17. The molecule has 2 bridgehead atoms. The van der Waals surface area contributed by atoms with E-state index in [-0.39, 0.29) is 29.4 Å². The molecule has 4 nitrogen and oxygen atoms in total. The van der Waals surface area contributed by atoms with Gasteiger partial charge < -0.3 is 9.64 Å². The summed E-state index contributed by atoms with van der Waals surface area (Å²) in [5, 5.41) is 1.95. The van der Waals surface area contributed by atoms with Gasteiger partial charge in [-0.15, -0.1) is 11.3 Å². The van der Waals surface area contributed by atoms with Gasteiger partial charge in [-0.25, -0.2) is 4.79 Å². The standard InChI is InChI=1S/C19H25NO3S/c1-18(2)9-14-10-19(3,12-18)13-20(14)16(21)11-23-17(22)7-6-15-5-4-8-24-15/h4-8,14H,9-13H2,1-3H3/b7-6+/t14-,19-/m0/s1. The van der Waals surface area contributed by atoms with Gasteiger partial charge in [0.1, 0.15) is 0 Å². The van der Waals surface area contributed by atoms with Gasteiger partial charge in [0.25, 0.3) is 5.91 Å². The molecule has 0 radical (unpaired) electrons. The van der Waals surface area contributed by atoms with Gasteiger partial charge in [0, 0.05) is 23.5 Å². The Labute approximate surface area is 147 Å². The highest BCUT2D eigenvalue weighted by Crippen LogP contribution is 2.52. The molecule has 1 aromatic rings. The van der Waals surface area contributed by atoms with Crippen molar-refractivity contribution in [3.8, 4) is 0 Å². The lowest BCUT2D eigenvalue weighted by Crippen LogP contribution is -2.39. The molecule has 0 aromatic carbocycles. The molecule has 3 rings (SSSR count). The number of rotatable bonds is 4. The number of carbonyl (C=O) groups is 2. The molecule has 2 atom stereocenters. The van der Waals surface area contributed by atoms with E-state index in [0.717, 1.165) is 30.7 Å². The van der Waals surface area contributed by atoms with Crippen LogP contribution in [0.3, 0.4) is 0 Å². The first-order valence-corrected chi connectivity index (χ1v) is 9.32. The Morgan fingerprint density at radius 2 is 2.17 bits per heavy atom. The first kappa shape index (κ1) is 17.2. The normalized spacial score (nSPS) is 28.3. The van der Waals surface area contributed by atoms with Crippen LogP contribution in [0.1, 0.15) is 44.9 Å². The van der Waals surface area contributed by atoms with E-state index >= 15 is 0 Å². The minimum atomic E-state index is -0.467. The number of amides is 1. The Kier molecular flexibility index (Phi) is 4.56. The summed E-state index contributed by atoms with van der Waals surface area (Å²) >= 11 is 1.55. The average Bonchev–Trinajstić information content (AvgIpc) is 3.07. The first-order chi connectivity index (χ1) is 11.3. The van der Waals surface area contributed by atoms with Crippen LogP contribution >= 0.6 is 11.3 Å². The Morgan fingerprint density at radius 3 is 2.88 bits per heavy atom. The molecule has 0 spiro atoms. The van der Waals surface area contributed by atoms with Crippen molar-refractivity contribution in [3.63, 3.8) is 0 Å². The summed E-state index contributed by atoms with van der Waals surface area (Å²) in [4.78, 5) is 27.2. The Morgan fingerprint density at radius 1 is 1.38 bits per heavy atom. The molecule has 1 aliphatic heterocycles. The van der Waals surface area contributed by atoms with E-state index in [1.54, 1.807) is 17.4 Å². The summed E-state index contributed by atoms with van der Waals surface area (Å²) < 4.78 is 5.14. The van der Waals surface area contributed by atoms with E-state index in [0.29, 0.717) is 0 Å². The third kappa shape index (κ3) is 3.89. The van der Waals surface area contributed by atoms with E-state index in [4.69, 9.17) is 4.74 Å². The van der Waals surface area contributed by atoms with Gasteiger partial charge >= 0.3 is 5.97 Å². The lowest BCUT2D eigenvalue weighted by Gasteiger charge is -2.39. The van der Waals surface area contributed by atoms with Gasteiger partial charge in [-0.2, -0.15) is 0 Å². The van der Waals surface area contributed by atoms with Gasteiger partial charge in [-0.05, 0) is 47.6 Å². The zero-order chi connectivity index (χ0) is 17.4. The molecule has 0 unspecified atom stereocenters. The molecule has 1 amide bonds. The Hall–Kier alpha value is -1.62. The topological polar surface area (TPSA) is 46.6 Å². The molecule has 1 aromatic heterocycles. The number of ether oxygens (including phenoxy) is 1. The smallest absolute Gasteiger partial charge is 0.331 e. The molecule has 5 heteroatoms. The van der Waals surface area contributed by atoms with Crippen LogP contribution in [0.25, 0.3) is 6.08 Å². The predicted molar refractivity (Wildman–Crippen MR) is 95.6 cm³/mol. The number of thiophene rings is 1. The van der Waals surface area contributed by atoms with Crippen LogP contribution in [-0.4, -0.2) is 36.0 Å². The van der Waals surface area contributed by atoms with E-state index < -0.39 is 5.97 Å². The van der Waals surface area contributed by atoms with Crippen LogP contribution in [0.2, 0.25) is 0 Å². The zero-order valence-electron chi connectivity index (χ0n) is 14.6. The van der Waals surface area contributed by atoms with E-state index in [2.05, 4.69) is 20.8 Å². The summed E-state index contributed by atoms with van der Waals surface area (Å²) in [5.41, 5.74) is 0.470. The molecule has 1 saturated heterocycles. The van der Waals surface area contributed by atoms with Crippen LogP contribution in [0.15, 0.2) is 23.6 Å². The van der Waals surface area contributed by atoms with Gasteiger partial charge in [-0.3, -0.25) is 4.79 Å². The number of nitrogens with zero attached hydrogens (tertiary/aromatic N) is 1. The fourth-order valence-electron chi connectivity index (χ4n) is 4.55. The number of hydrogen-bond acceptors (Lipinski definition) is 4. The second-order valence-electron chi connectivity index (χ2n) is 8.19. The maximum Gasteiger partial charge on any atom is 0.331 e. The van der Waals surface area contributed by atoms with Crippen LogP contribution in [0, 0.1) is 10.8 Å². The molecular weight excluding hydrogens is 322 g/mol. The molecule has 2 aliphatic rings. The first-order valence-electron chi connectivity index (χ1n) is 8.44. The Bertz CT molecular complexity index is 650. The minimum absolute atomic E-state index is 0.0701. The number of hydrogen-bond donors (Lipinski definition) is 0. The molecule has 1 saturated carbocycles. The number of fused-ring (bicyclic) bond motifs is 2. The fraction of sp³-hybridized carbons (Fsp3) is 0.579. The van der Waals surface area contributed by atoms with E-state index in [9.17, 15) is 9.59 Å². The molecule has 24 heavy (non-hydrogen) atoms. The summed E-state index contributed by atoms with van der Waals surface area (Å²) in [5.74, 6) is -0.537. The van der Waals surface area contributed by atoms with Gasteiger partial charge in [0.2, 0.25) is 0 Å². The lowest BCUT2D eigenvalue weighted by atomic mass is 9.65. The average molecular weight is 347 g/mol. The van der Waals surface area contributed by atoms with Crippen molar-refractivity contribution in [1.82, 2.24) is 4.90 Å². The van der Waals surface area contributed by atoms with Crippen LogP contribution < -0.4 is 0 Å². The third-order valence-electron chi connectivity index (χ3n) is 5.00. The van der Waals surface area contributed by atoms with E-state index in [1.807, 2.05) is 22.4 Å². The fourth-order valence-corrected chi connectivity index (χ4v) is 5.17. The third-order valence-corrected chi connectivity index (χ3v) is 5.84. The highest BCUT2D eigenvalue weighted by molar-refractivity contribution is 7.10. The maximum atomic E-state index is 12.5. The second kappa shape index (κ2) is 6.36. The molecule has 1 aliphatic carbocycles. The van der Waals surface area contributed by atoms with Crippen LogP contribution in [0.4, 0.5) is 0 Å². The van der Waals surface area contributed by atoms with Crippen molar-refractivity contribution in [2.75, 3.05) is 13.2 Å². The largest absolute Gasteiger partial charge is 0.452 e. The summed E-state index contributed by atoms with van der Waals surface area (Å²) in [7, 11) is 0. The van der Waals surface area contributed by atoms with Crippen molar-refractivity contribution in [1.29, 1.82) is 0 Å². The number of likely N-dealkylation sites (tertiary alicyclic amines) is 1. The van der Waals surface area contributed by atoms with E-state index in [1.165, 1.54) is 6.08 Å². The van der Waals surface area contributed by atoms with Gasteiger partial charge in [0.15, 0.2) is 6.61 Å². The molecular formula is C19H25NO3S. The van der Waals surface area contributed by atoms with Crippen molar-refractivity contribution in [2.45, 2.75) is 46.1 Å². The van der Waals surface area contributed by atoms with Crippen molar-refractivity contribution >= 4 is 29.3 Å². The lowest BCUT2D eigenvalue weighted by molar-refractivity contribution is -0.148. The highest BCUT2D eigenvalue weighted by Gasteiger charge is 2.50. The monoisotopic (exact) mass is 347 g/mol. The number of carbonyl (C=O) groups excluding carboxylic acids is 2. The quantitative estimate of drug-likeness (QED) is 0.616. The van der Waals surface area contributed by atoms with Gasteiger partial charge in [-0.1, -0.05) is 26.8 Å². The molecule has 2 fully saturated rings. The summed E-state index contributed by atoms with van der Waals surface area (Å²) in [6.45, 7) is 7.44. The maximum absolute atomic E-state index is 12.5. The highest BCUT2D eigenvalue weighted by atomic mass is 32.1. The van der Waals surface area contributed by atoms with Crippen molar-refractivity contribution in [2.24, 2.45) is 10.8 Å².